The first-order valence-corrected chi connectivity index (χ1v) is 7.91. The largest absolute Gasteiger partial charge is 0.439 e. The minimum atomic E-state index is -0.270. The molecule has 126 valence electrons. The smallest absolute Gasteiger partial charge is 0.209 e. The van der Waals surface area contributed by atoms with E-state index in [0.29, 0.717) is 18.2 Å². The van der Waals surface area contributed by atoms with Crippen molar-refractivity contribution in [2.75, 3.05) is 19.7 Å². The van der Waals surface area contributed by atoms with Crippen molar-refractivity contribution in [3.63, 3.8) is 0 Å². The van der Waals surface area contributed by atoms with Crippen LogP contribution in [0.25, 0.3) is 11.3 Å². The second-order valence-corrected chi connectivity index (χ2v) is 6.97. The third-order valence-corrected chi connectivity index (χ3v) is 3.37. The van der Waals surface area contributed by atoms with E-state index in [1.165, 1.54) is 12.1 Å². The van der Waals surface area contributed by atoms with Crippen LogP contribution >= 0.6 is 0 Å². The molecule has 0 spiro atoms. The molecule has 1 N–H and O–H groups in total. The van der Waals surface area contributed by atoms with Gasteiger partial charge in [0, 0.05) is 25.3 Å². The van der Waals surface area contributed by atoms with Crippen molar-refractivity contribution in [1.29, 1.82) is 0 Å². The molecular weight excluding hydrogens is 295 g/mol. The molecule has 0 aliphatic rings. The molecule has 0 radical (unpaired) electrons. The highest BCUT2D eigenvalue weighted by Crippen LogP contribution is 2.22. The monoisotopic (exact) mass is 320 g/mol. The molecule has 23 heavy (non-hydrogen) atoms. The quantitative estimate of drug-likeness (QED) is 0.845. The molecule has 0 unspecified atom stereocenters. The Morgan fingerprint density at radius 1 is 1.22 bits per heavy atom. The van der Waals surface area contributed by atoms with Crippen LogP contribution in [0.4, 0.5) is 4.39 Å². The number of hydrogen-bond donors (Lipinski definition) is 1. The lowest BCUT2D eigenvalue weighted by Crippen LogP contribution is -2.33. The SMILES string of the molecule is CC(C)(C)CN(CCCO)Cc1ncc(-c2ccc(F)cc2)o1. The van der Waals surface area contributed by atoms with Gasteiger partial charge in [0.05, 0.1) is 12.7 Å². The zero-order valence-electron chi connectivity index (χ0n) is 14.1. The van der Waals surface area contributed by atoms with Gasteiger partial charge in [0.25, 0.3) is 0 Å². The summed E-state index contributed by atoms with van der Waals surface area (Å²) < 4.78 is 18.8. The Hall–Kier alpha value is -1.72. The van der Waals surface area contributed by atoms with Gasteiger partial charge in [-0.1, -0.05) is 20.8 Å². The van der Waals surface area contributed by atoms with Gasteiger partial charge in [-0.25, -0.2) is 9.37 Å². The molecule has 0 saturated carbocycles. The number of nitrogens with zero attached hydrogens (tertiary/aromatic N) is 2. The first kappa shape index (κ1) is 17.6. The van der Waals surface area contributed by atoms with E-state index in [2.05, 4.69) is 30.7 Å². The molecule has 1 aromatic carbocycles. The van der Waals surface area contributed by atoms with Gasteiger partial charge < -0.3 is 9.52 Å². The molecule has 0 atom stereocenters. The summed E-state index contributed by atoms with van der Waals surface area (Å²) in [6.07, 6.45) is 2.39. The van der Waals surface area contributed by atoms with E-state index in [1.807, 2.05) is 0 Å². The first-order valence-electron chi connectivity index (χ1n) is 7.91. The fourth-order valence-electron chi connectivity index (χ4n) is 2.50. The molecular formula is C18H25FN2O2. The molecule has 2 aromatic rings. The maximum absolute atomic E-state index is 13.0. The third kappa shape index (κ3) is 5.77. The lowest BCUT2D eigenvalue weighted by molar-refractivity contribution is 0.155. The number of benzene rings is 1. The fourth-order valence-corrected chi connectivity index (χ4v) is 2.50. The lowest BCUT2D eigenvalue weighted by Gasteiger charge is -2.28. The predicted molar refractivity (Wildman–Crippen MR) is 88.3 cm³/mol. The summed E-state index contributed by atoms with van der Waals surface area (Å²) in [5.41, 5.74) is 0.963. The Kier molecular flexibility index (Phi) is 5.91. The van der Waals surface area contributed by atoms with Gasteiger partial charge in [0.15, 0.2) is 5.76 Å². The van der Waals surface area contributed by atoms with Crippen molar-refractivity contribution in [1.82, 2.24) is 9.88 Å². The van der Waals surface area contributed by atoms with E-state index in [1.54, 1.807) is 18.3 Å². The first-order chi connectivity index (χ1) is 10.9. The van der Waals surface area contributed by atoms with Crippen molar-refractivity contribution in [3.8, 4) is 11.3 Å². The second-order valence-electron chi connectivity index (χ2n) is 6.97. The predicted octanol–water partition coefficient (Wildman–Crippen LogP) is 3.71. The number of hydrogen-bond acceptors (Lipinski definition) is 4. The number of aliphatic hydroxyl groups is 1. The highest BCUT2D eigenvalue weighted by Gasteiger charge is 2.18. The van der Waals surface area contributed by atoms with Crippen LogP contribution in [0.5, 0.6) is 0 Å². The minimum Gasteiger partial charge on any atom is -0.439 e. The van der Waals surface area contributed by atoms with Crippen molar-refractivity contribution in [2.24, 2.45) is 5.41 Å². The van der Waals surface area contributed by atoms with Crippen molar-refractivity contribution in [3.05, 3.63) is 42.2 Å². The maximum Gasteiger partial charge on any atom is 0.209 e. The van der Waals surface area contributed by atoms with Crippen LogP contribution in [0.3, 0.4) is 0 Å². The summed E-state index contributed by atoms with van der Waals surface area (Å²) in [6.45, 7) is 8.99. The highest BCUT2D eigenvalue weighted by atomic mass is 19.1. The van der Waals surface area contributed by atoms with Gasteiger partial charge in [0.2, 0.25) is 5.89 Å². The van der Waals surface area contributed by atoms with Crippen LogP contribution in [-0.4, -0.2) is 34.7 Å². The van der Waals surface area contributed by atoms with E-state index >= 15 is 0 Å². The van der Waals surface area contributed by atoms with Gasteiger partial charge in [0.1, 0.15) is 5.82 Å². The second kappa shape index (κ2) is 7.70. The molecule has 0 amide bonds. The standard InChI is InChI=1S/C18H25FN2O2/c1-18(2,3)13-21(9-4-10-22)12-17-20-11-16(23-17)14-5-7-15(19)8-6-14/h5-8,11,22H,4,9-10,12-13H2,1-3H3. The van der Waals surface area contributed by atoms with Crippen LogP contribution in [0, 0.1) is 11.2 Å². The summed E-state index contributed by atoms with van der Waals surface area (Å²) in [6, 6.07) is 6.17. The van der Waals surface area contributed by atoms with Gasteiger partial charge in [-0.05, 0) is 36.1 Å². The number of halogens is 1. The Labute approximate surface area is 137 Å². The van der Waals surface area contributed by atoms with Crippen LogP contribution in [0.1, 0.15) is 33.1 Å². The Balaban J connectivity index is 2.06. The zero-order valence-corrected chi connectivity index (χ0v) is 14.1. The zero-order chi connectivity index (χ0) is 16.9. The van der Waals surface area contributed by atoms with E-state index in [0.717, 1.165) is 25.1 Å². The molecule has 0 aliphatic carbocycles. The Morgan fingerprint density at radius 3 is 2.52 bits per heavy atom. The van der Waals surface area contributed by atoms with Crippen LogP contribution in [0.2, 0.25) is 0 Å². The average molecular weight is 320 g/mol. The van der Waals surface area contributed by atoms with Gasteiger partial charge in [-0.2, -0.15) is 0 Å². The van der Waals surface area contributed by atoms with Crippen LogP contribution in [-0.2, 0) is 6.54 Å². The summed E-state index contributed by atoms with van der Waals surface area (Å²) in [7, 11) is 0. The molecule has 0 aliphatic heterocycles. The highest BCUT2D eigenvalue weighted by molar-refractivity contribution is 5.55. The molecule has 0 fully saturated rings. The van der Waals surface area contributed by atoms with Gasteiger partial charge in [-0.3, -0.25) is 4.90 Å². The number of aromatic nitrogens is 1. The summed E-state index contributed by atoms with van der Waals surface area (Å²) in [5.74, 6) is 0.998. The van der Waals surface area contributed by atoms with Crippen molar-refractivity contribution < 1.29 is 13.9 Å². The maximum atomic E-state index is 13.0. The van der Waals surface area contributed by atoms with Gasteiger partial charge >= 0.3 is 0 Å². The topological polar surface area (TPSA) is 49.5 Å². The summed E-state index contributed by atoms with van der Waals surface area (Å²) in [5, 5.41) is 9.06. The molecule has 0 bridgehead atoms. The van der Waals surface area contributed by atoms with E-state index in [4.69, 9.17) is 9.52 Å². The lowest BCUT2D eigenvalue weighted by atomic mass is 9.96. The number of aliphatic hydroxyl groups excluding tert-OH is 1. The third-order valence-electron chi connectivity index (χ3n) is 3.37. The molecule has 1 aromatic heterocycles. The Bertz CT molecular complexity index is 602. The van der Waals surface area contributed by atoms with Crippen molar-refractivity contribution in [2.45, 2.75) is 33.7 Å². The van der Waals surface area contributed by atoms with E-state index < -0.39 is 0 Å². The molecule has 4 nitrogen and oxygen atoms in total. The van der Waals surface area contributed by atoms with Crippen LogP contribution in [0.15, 0.2) is 34.9 Å². The summed E-state index contributed by atoms with van der Waals surface area (Å²) >= 11 is 0. The normalized spacial score (nSPS) is 12.1. The summed E-state index contributed by atoms with van der Waals surface area (Å²) in [4.78, 5) is 6.56. The number of oxazole rings is 1. The van der Waals surface area contributed by atoms with Crippen molar-refractivity contribution >= 4 is 0 Å². The minimum absolute atomic E-state index is 0.155. The Morgan fingerprint density at radius 2 is 1.91 bits per heavy atom. The average Bonchev–Trinajstić information content (AvgIpc) is 2.92. The fraction of sp³-hybridized carbons (Fsp3) is 0.500. The number of rotatable bonds is 7. The molecule has 1 heterocycles. The van der Waals surface area contributed by atoms with E-state index in [-0.39, 0.29) is 17.8 Å². The van der Waals surface area contributed by atoms with Gasteiger partial charge in [-0.15, -0.1) is 0 Å². The molecule has 0 saturated heterocycles. The molecule has 2 rings (SSSR count). The van der Waals surface area contributed by atoms with E-state index in [9.17, 15) is 4.39 Å². The molecule has 5 heteroatoms. The van der Waals surface area contributed by atoms with Crippen LogP contribution < -0.4 is 0 Å².